The van der Waals surface area contributed by atoms with Gasteiger partial charge in [-0.25, -0.2) is 0 Å². The van der Waals surface area contributed by atoms with Crippen LogP contribution in [0.4, 0.5) is 0 Å². The van der Waals surface area contributed by atoms with Crippen LogP contribution in [0, 0.1) is 6.92 Å². The van der Waals surface area contributed by atoms with Gasteiger partial charge in [-0.05, 0) is 18.6 Å². The lowest BCUT2D eigenvalue weighted by atomic mass is 9.97. The van der Waals surface area contributed by atoms with Gasteiger partial charge in [-0.15, -0.1) is 0 Å². The number of ether oxygens (including phenoxy) is 2. The van der Waals surface area contributed by atoms with Crippen molar-refractivity contribution in [1.29, 1.82) is 0 Å². The van der Waals surface area contributed by atoms with Crippen LogP contribution >= 0.6 is 0 Å². The lowest BCUT2D eigenvalue weighted by Crippen LogP contribution is -2.15. The van der Waals surface area contributed by atoms with Crippen molar-refractivity contribution in [2.75, 3.05) is 13.7 Å². The van der Waals surface area contributed by atoms with E-state index in [-0.39, 0.29) is 11.9 Å². The first kappa shape index (κ1) is 9.06. The highest BCUT2D eigenvalue weighted by atomic mass is 16.5. The molecule has 1 unspecified atom stereocenters. The molecule has 0 saturated carbocycles. The van der Waals surface area contributed by atoms with Gasteiger partial charge in [-0.2, -0.15) is 0 Å². The molecule has 1 aliphatic rings. The summed E-state index contributed by atoms with van der Waals surface area (Å²) in [5.74, 6) is 0.328. The topological polar surface area (TPSA) is 35.5 Å². The van der Waals surface area contributed by atoms with Gasteiger partial charge >= 0.3 is 5.97 Å². The molecule has 0 aliphatic carbocycles. The van der Waals surface area contributed by atoms with Crippen molar-refractivity contribution >= 4 is 5.97 Å². The summed E-state index contributed by atoms with van der Waals surface area (Å²) >= 11 is 0. The minimum absolute atomic E-state index is 0.224. The maximum atomic E-state index is 11.4. The average molecular weight is 192 g/mol. The van der Waals surface area contributed by atoms with Crippen LogP contribution in [-0.4, -0.2) is 19.7 Å². The molecule has 0 amide bonds. The molecular weight excluding hydrogens is 180 g/mol. The van der Waals surface area contributed by atoms with Gasteiger partial charge in [0.1, 0.15) is 18.3 Å². The Morgan fingerprint density at radius 3 is 3.07 bits per heavy atom. The number of carbonyl (C=O) groups excluding carboxylic acids is 1. The van der Waals surface area contributed by atoms with Crippen LogP contribution in [0.15, 0.2) is 18.2 Å². The summed E-state index contributed by atoms with van der Waals surface area (Å²) < 4.78 is 10.1. The van der Waals surface area contributed by atoms with E-state index in [0.717, 1.165) is 16.9 Å². The lowest BCUT2D eigenvalue weighted by Gasteiger charge is -2.07. The fraction of sp³-hybridized carbons (Fsp3) is 0.364. The van der Waals surface area contributed by atoms with E-state index in [9.17, 15) is 4.79 Å². The molecule has 1 aromatic carbocycles. The molecule has 74 valence electrons. The lowest BCUT2D eigenvalue weighted by molar-refractivity contribution is -0.142. The molecule has 0 fully saturated rings. The highest BCUT2D eigenvalue weighted by Crippen LogP contribution is 2.36. The molecule has 3 nitrogen and oxygen atoms in total. The zero-order valence-corrected chi connectivity index (χ0v) is 8.24. The number of hydrogen-bond acceptors (Lipinski definition) is 3. The quantitative estimate of drug-likeness (QED) is 0.634. The summed E-state index contributed by atoms with van der Waals surface area (Å²) in [6.07, 6.45) is 0. The standard InChI is InChI=1S/C11H12O3/c1-7-4-3-5-9-10(7)8(6-14-9)11(12)13-2/h3-5,8H,6H2,1-2H3. The third-order valence-corrected chi connectivity index (χ3v) is 2.52. The van der Waals surface area contributed by atoms with Crippen molar-refractivity contribution < 1.29 is 14.3 Å². The number of methoxy groups -OCH3 is 1. The van der Waals surface area contributed by atoms with Crippen LogP contribution in [0.3, 0.4) is 0 Å². The Hall–Kier alpha value is -1.51. The van der Waals surface area contributed by atoms with Gasteiger partial charge in [0.05, 0.1) is 7.11 Å². The molecule has 1 heterocycles. The second-order valence-electron chi connectivity index (χ2n) is 3.37. The van der Waals surface area contributed by atoms with Gasteiger partial charge in [0.15, 0.2) is 0 Å². The van der Waals surface area contributed by atoms with Crippen LogP contribution in [0.25, 0.3) is 0 Å². The third-order valence-electron chi connectivity index (χ3n) is 2.52. The van der Waals surface area contributed by atoms with Crippen molar-refractivity contribution in [2.24, 2.45) is 0 Å². The first-order chi connectivity index (χ1) is 6.74. The average Bonchev–Trinajstić information content (AvgIpc) is 2.62. The predicted molar refractivity (Wildman–Crippen MR) is 51.4 cm³/mol. The van der Waals surface area contributed by atoms with Gasteiger partial charge < -0.3 is 9.47 Å². The zero-order chi connectivity index (χ0) is 10.1. The molecule has 0 saturated heterocycles. The number of carbonyl (C=O) groups is 1. The Labute approximate surface area is 82.6 Å². The van der Waals surface area contributed by atoms with Gasteiger partial charge in [-0.3, -0.25) is 4.79 Å². The van der Waals surface area contributed by atoms with E-state index in [1.807, 2.05) is 25.1 Å². The van der Waals surface area contributed by atoms with E-state index in [2.05, 4.69) is 0 Å². The fourth-order valence-corrected chi connectivity index (χ4v) is 1.81. The summed E-state index contributed by atoms with van der Waals surface area (Å²) in [4.78, 5) is 11.4. The van der Waals surface area contributed by atoms with Crippen molar-refractivity contribution in [3.8, 4) is 5.75 Å². The van der Waals surface area contributed by atoms with E-state index in [1.54, 1.807) is 0 Å². The van der Waals surface area contributed by atoms with Gasteiger partial charge in [0, 0.05) is 5.56 Å². The van der Waals surface area contributed by atoms with Crippen LogP contribution in [0.5, 0.6) is 5.75 Å². The molecule has 0 N–H and O–H groups in total. The van der Waals surface area contributed by atoms with E-state index in [4.69, 9.17) is 9.47 Å². The summed E-state index contributed by atoms with van der Waals surface area (Å²) in [7, 11) is 1.40. The van der Waals surface area contributed by atoms with Crippen molar-refractivity contribution in [2.45, 2.75) is 12.8 Å². The minimum Gasteiger partial charge on any atom is -0.492 e. The molecule has 14 heavy (non-hydrogen) atoms. The Kier molecular flexibility index (Phi) is 2.15. The number of aryl methyl sites for hydroxylation is 1. The predicted octanol–water partition coefficient (Wildman–Crippen LogP) is 1.64. The Balaban J connectivity index is 2.43. The largest absolute Gasteiger partial charge is 0.492 e. The summed E-state index contributed by atoms with van der Waals surface area (Å²) in [6, 6.07) is 5.78. The van der Waals surface area contributed by atoms with Gasteiger partial charge in [0.2, 0.25) is 0 Å². The summed E-state index contributed by atoms with van der Waals surface area (Å²) in [5, 5.41) is 0. The highest BCUT2D eigenvalue weighted by molar-refractivity contribution is 5.81. The van der Waals surface area contributed by atoms with E-state index < -0.39 is 0 Å². The van der Waals surface area contributed by atoms with Crippen molar-refractivity contribution in [1.82, 2.24) is 0 Å². The first-order valence-corrected chi connectivity index (χ1v) is 4.54. The molecule has 1 aliphatic heterocycles. The Morgan fingerprint density at radius 1 is 1.57 bits per heavy atom. The number of rotatable bonds is 1. The normalized spacial score (nSPS) is 18.6. The van der Waals surface area contributed by atoms with Crippen LogP contribution in [-0.2, 0) is 9.53 Å². The second-order valence-corrected chi connectivity index (χ2v) is 3.37. The van der Waals surface area contributed by atoms with Gasteiger partial charge in [0.25, 0.3) is 0 Å². The molecule has 0 spiro atoms. The maximum Gasteiger partial charge on any atom is 0.316 e. The van der Waals surface area contributed by atoms with Crippen molar-refractivity contribution in [3.63, 3.8) is 0 Å². The number of hydrogen-bond donors (Lipinski definition) is 0. The fourth-order valence-electron chi connectivity index (χ4n) is 1.81. The van der Waals surface area contributed by atoms with Gasteiger partial charge in [-0.1, -0.05) is 12.1 Å². The monoisotopic (exact) mass is 192 g/mol. The Bertz CT molecular complexity index is 371. The first-order valence-electron chi connectivity index (χ1n) is 4.54. The number of fused-ring (bicyclic) bond motifs is 1. The van der Waals surface area contributed by atoms with Crippen LogP contribution < -0.4 is 4.74 Å². The SMILES string of the molecule is COC(=O)C1COc2cccc(C)c21. The second kappa shape index (κ2) is 3.33. The van der Waals surface area contributed by atoms with E-state index >= 15 is 0 Å². The number of esters is 1. The summed E-state index contributed by atoms with van der Waals surface area (Å²) in [6.45, 7) is 2.37. The molecule has 1 aromatic rings. The zero-order valence-electron chi connectivity index (χ0n) is 8.24. The van der Waals surface area contributed by atoms with E-state index in [0.29, 0.717) is 6.61 Å². The Morgan fingerprint density at radius 2 is 2.36 bits per heavy atom. The molecule has 1 atom stereocenters. The molecule has 2 rings (SSSR count). The van der Waals surface area contributed by atoms with E-state index in [1.165, 1.54) is 7.11 Å². The third kappa shape index (κ3) is 1.25. The molecule has 0 radical (unpaired) electrons. The van der Waals surface area contributed by atoms with Crippen molar-refractivity contribution in [3.05, 3.63) is 29.3 Å². The summed E-state index contributed by atoms with van der Waals surface area (Å²) in [5.41, 5.74) is 2.05. The minimum atomic E-state index is -0.254. The number of benzene rings is 1. The maximum absolute atomic E-state index is 11.4. The molecular formula is C11H12O3. The molecule has 0 bridgehead atoms. The van der Waals surface area contributed by atoms with Crippen LogP contribution in [0.2, 0.25) is 0 Å². The molecule has 3 heteroatoms. The highest BCUT2D eigenvalue weighted by Gasteiger charge is 2.32. The molecule has 0 aromatic heterocycles. The smallest absolute Gasteiger partial charge is 0.316 e. The van der Waals surface area contributed by atoms with Crippen LogP contribution in [0.1, 0.15) is 17.0 Å².